The van der Waals surface area contributed by atoms with E-state index in [2.05, 4.69) is 20.1 Å². The van der Waals surface area contributed by atoms with Gasteiger partial charge in [0.05, 0.1) is 6.54 Å². The van der Waals surface area contributed by atoms with Gasteiger partial charge in [-0.25, -0.2) is 4.98 Å². The lowest BCUT2D eigenvalue weighted by atomic mass is 10.1. The van der Waals surface area contributed by atoms with Crippen molar-refractivity contribution in [1.29, 1.82) is 0 Å². The summed E-state index contributed by atoms with van der Waals surface area (Å²) in [5, 5.41) is 10.3. The van der Waals surface area contributed by atoms with Crippen LogP contribution < -0.4 is 4.74 Å². The number of hydrogen-bond acceptors (Lipinski definition) is 7. The molecule has 1 saturated heterocycles. The molecule has 6 nitrogen and oxygen atoms in total. The van der Waals surface area contributed by atoms with E-state index in [1.165, 1.54) is 6.39 Å². The number of aromatic nitrogens is 3. The van der Waals surface area contributed by atoms with E-state index in [9.17, 15) is 0 Å². The second-order valence-corrected chi connectivity index (χ2v) is 5.08. The van der Waals surface area contributed by atoms with E-state index in [-0.39, 0.29) is 6.10 Å². The van der Waals surface area contributed by atoms with Gasteiger partial charge < -0.3 is 9.15 Å². The molecular weight excluding hydrogens is 252 g/mol. The zero-order chi connectivity index (χ0) is 12.2. The summed E-state index contributed by atoms with van der Waals surface area (Å²) in [6, 6.07) is 0. The molecule has 3 rings (SSSR count). The number of likely N-dealkylation sites (tertiary alicyclic amines) is 1. The van der Waals surface area contributed by atoms with Crippen LogP contribution in [0.15, 0.2) is 22.4 Å². The minimum atomic E-state index is 0.273. The molecule has 0 radical (unpaired) electrons. The Labute approximate surface area is 109 Å². The standard InChI is InChI=1S/C11H14N4O2S/c1-4-15(7-10-14-13-8-16-10)5-2-9(1)17-11-12-3-6-18-11/h3,6,8-9H,1-2,4-5,7H2. The van der Waals surface area contributed by atoms with Crippen LogP contribution >= 0.6 is 11.3 Å². The van der Waals surface area contributed by atoms with Gasteiger partial charge in [-0.3, -0.25) is 4.90 Å². The minimum absolute atomic E-state index is 0.273. The lowest BCUT2D eigenvalue weighted by Crippen LogP contribution is -2.37. The van der Waals surface area contributed by atoms with Crippen LogP contribution in [0.4, 0.5) is 0 Å². The van der Waals surface area contributed by atoms with Crippen LogP contribution in [0.2, 0.25) is 0 Å². The van der Waals surface area contributed by atoms with Crippen LogP contribution in [0.25, 0.3) is 0 Å². The Kier molecular flexibility index (Phi) is 3.51. The normalized spacial score (nSPS) is 18.0. The zero-order valence-electron chi connectivity index (χ0n) is 9.86. The molecule has 2 aromatic heterocycles. The highest BCUT2D eigenvalue weighted by Gasteiger charge is 2.22. The molecule has 2 aromatic rings. The Balaban J connectivity index is 1.46. The predicted molar refractivity (Wildman–Crippen MR) is 65.3 cm³/mol. The summed E-state index contributed by atoms with van der Waals surface area (Å²) < 4.78 is 11.0. The SMILES string of the molecule is c1csc(OC2CCN(Cc3nnco3)CC2)n1. The topological polar surface area (TPSA) is 64.3 Å². The van der Waals surface area contributed by atoms with Crippen LogP contribution in [0.1, 0.15) is 18.7 Å². The average molecular weight is 266 g/mol. The Morgan fingerprint density at radius 3 is 3.00 bits per heavy atom. The Morgan fingerprint density at radius 2 is 2.33 bits per heavy atom. The second-order valence-electron chi connectivity index (χ2n) is 4.22. The van der Waals surface area contributed by atoms with Crippen LogP contribution in [0.5, 0.6) is 5.19 Å². The van der Waals surface area contributed by atoms with Crippen molar-refractivity contribution in [3.63, 3.8) is 0 Å². The van der Waals surface area contributed by atoms with Crippen LogP contribution in [-0.2, 0) is 6.54 Å². The molecule has 1 aliphatic rings. The third kappa shape index (κ3) is 2.85. The first-order chi connectivity index (χ1) is 8.90. The van der Waals surface area contributed by atoms with Crippen molar-refractivity contribution < 1.29 is 9.15 Å². The van der Waals surface area contributed by atoms with Crippen molar-refractivity contribution in [2.75, 3.05) is 13.1 Å². The second kappa shape index (κ2) is 5.45. The van der Waals surface area contributed by atoms with Crippen molar-refractivity contribution >= 4 is 11.3 Å². The Bertz CT molecular complexity index is 407. The minimum Gasteiger partial charge on any atom is -0.467 e. The first kappa shape index (κ1) is 11.6. The number of piperidine rings is 1. The molecule has 7 heteroatoms. The molecule has 1 fully saturated rings. The molecule has 0 bridgehead atoms. The van der Waals surface area contributed by atoms with Crippen molar-refractivity contribution in [3.8, 4) is 5.19 Å². The van der Waals surface area contributed by atoms with E-state index in [1.807, 2.05) is 5.38 Å². The molecule has 96 valence electrons. The van der Waals surface area contributed by atoms with Crippen molar-refractivity contribution in [3.05, 3.63) is 23.9 Å². The van der Waals surface area contributed by atoms with E-state index < -0.39 is 0 Å². The Morgan fingerprint density at radius 1 is 1.44 bits per heavy atom. The maximum atomic E-state index is 5.81. The molecular formula is C11H14N4O2S. The fraction of sp³-hybridized carbons (Fsp3) is 0.545. The smallest absolute Gasteiger partial charge is 0.273 e. The number of nitrogens with zero attached hydrogens (tertiary/aromatic N) is 4. The lowest BCUT2D eigenvalue weighted by Gasteiger charge is -2.30. The van der Waals surface area contributed by atoms with Crippen LogP contribution in [0, 0.1) is 0 Å². The summed E-state index contributed by atoms with van der Waals surface area (Å²) in [5.74, 6) is 0.675. The number of ether oxygens (including phenoxy) is 1. The molecule has 0 amide bonds. The van der Waals surface area contributed by atoms with Gasteiger partial charge in [0.25, 0.3) is 5.19 Å². The van der Waals surface area contributed by atoms with Gasteiger partial charge in [-0.05, 0) is 12.8 Å². The largest absolute Gasteiger partial charge is 0.467 e. The number of rotatable bonds is 4. The predicted octanol–water partition coefficient (Wildman–Crippen LogP) is 1.57. The lowest BCUT2D eigenvalue weighted by molar-refractivity contribution is 0.0916. The summed E-state index contributed by atoms with van der Waals surface area (Å²) in [4.78, 5) is 6.44. The highest BCUT2D eigenvalue weighted by molar-refractivity contribution is 7.11. The molecule has 0 aliphatic carbocycles. The van der Waals surface area contributed by atoms with Crippen molar-refractivity contribution in [1.82, 2.24) is 20.1 Å². The molecule has 0 saturated carbocycles. The summed E-state index contributed by atoms with van der Waals surface area (Å²) in [6.07, 6.45) is 5.43. The maximum Gasteiger partial charge on any atom is 0.273 e. The Hall–Kier alpha value is -1.47. The van der Waals surface area contributed by atoms with E-state index >= 15 is 0 Å². The van der Waals surface area contributed by atoms with Gasteiger partial charge in [0.15, 0.2) is 0 Å². The fourth-order valence-electron chi connectivity index (χ4n) is 2.05. The first-order valence-electron chi connectivity index (χ1n) is 5.94. The fourth-order valence-corrected chi connectivity index (χ4v) is 2.60. The molecule has 0 N–H and O–H groups in total. The first-order valence-corrected chi connectivity index (χ1v) is 6.81. The monoisotopic (exact) mass is 266 g/mol. The van der Waals surface area contributed by atoms with E-state index in [0.717, 1.165) is 37.7 Å². The van der Waals surface area contributed by atoms with E-state index in [1.54, 1.807) is 17.5 Å². The molecule has 1 aliphatic heterocycles. The highest BCUT2D eigenvalue weighted by atomic mass is 32.1. The third-order valence-corrected chi connectivity index (χ3v) is 3.64. The van der Waals surface area contributed by atoms with Gasteiger partial charge >= 0.3 is 0 Å². The van der Waals surface area contributed by atoms with Gasteiger partial charge in [0, 0.05) is 24.7 Å². The van der Waals surface area contributed by atoms with Crippen LogP contribution in [0.3, 0.4) is 0 Å². The van der Waals surface area contributed by atoms with Crippen LogP contribution in [-0.4, -0.2) is 39.3 Å². The molecule has 0 unspecified atom stereocenters. The van der Waals surface area contributed by atoms with Gasteiger partial charge in [-0.15, -0.1) is 10.2 Å². The quantitative estimate of drug-likeness (QED) is 0.837. The van der Waals surface area contributed by atoms with Gasteiger partial charge in [0.2, 0.25) is 12.3 Å². The average Bonchev–Trinajstić information content (AvgIpc) is 3.05. The molecule has 0 spiro atoms. The van der Waals surface area contributed by atoms with Crippen molar-refractivity contribution in [2.45, 2.75) is 25.5 Å². The summed E-state index contributed by atoms with van der Waals surface area (Å²) in [6.45, 7) is 2.70. The molecule has 0 aromatic carbocycles. The molecule has 3 heterocycles. The maximum absolute atomic E-state index is 5.81. The summed E-state index contributed by atoms with van der Waals surface area (Å²) in [5.41, 5.74) is 0. The van der Waals surface area contributed by atoms with Gasteiger partial charge in [0.1, 0.15) is 6.10 Å². The summed E-state index contributed by atoms with van der Waals surface area (Å²) in [7, 11) is 0. The van der Waals surface area contributed by atoms with E-state index in [0.29, 0.717) is 5.89 Å². The van der Waals surface area contributed by atoms with Gasteiger partial charge in [-0.1, -0.05) is 11.3 Å². The highest BCUT2D eigenvalue weighted by Crippen LogP contribution is 2.21. The van der Waals surface area contributed by atoms with Crippen molar-refractivity contribution in [2.24, 2.45) is 0 Å². The number of hydrogen-bond donors (Lipinski definition) is 0. The number of thiazole rings is 1. The van der Waals surface area contributed by atoms with Gasteiger partial charge in [-0.2, -0.15) is 0 Å². The molecule has 0 atom stereocenters. The molecule has 18 heavy (non-hydrogen) atoms. The zero-order valence-corrected chi connectivity index (χ0v) is 10.7. The third-order valence-electron chi connectivity index (χ3n) is 2.98. The summed E-state index contributed by atoms with van der Waals surface area (Å²) >= 11 is 1.54. The van der Waals surface area contributed by atoms with E-state index in [4.69, 9.17) is 9.15 Å².